The summed E-state index contributed by atoms with van der Waals surface area (Å²) in [5, 5.41) is 87.4. The van der Waals surface area contributed by atoms with Crippen molar-refractivity contribution < 1.29 is 64.6 Å². The molecule has 0 bridgehead atoms. The SMILES string of the molecule is CC/C=C\C/C=C\C/C=C\C/C=C\CCCCCCCCCCCCCCC(=O)NC(COC1OC(CO)C(OC2OC(CO)C(O)C(O)C2O)C(O)C1O)C(O)CCCCCCCCCCCCCCCCCCCCC. The Morgan fingerprint density at radius 1 is 0.474 bits per heavy atom. The molecule has 78 heavy (non-hydrogen) atoms. The molecule has 2 fully saturated rings. The topological polar surface area (TPSA) is 228 Å². The number of allylic oxidation sites excluding steroid dienone is 8. The summed E-state index contributed by atoms with van der Waals surface area (Å²) in [6.07, 6.45) is 45.3. The average Bonchev–Trinajstić information content (AvgIpc) is 3.44. The van der Waals surface area contributed by atoms with Gasteiger partial charge in [-0.05, 0) is 51.4 Å². The Morgan fingerprint density at radius 2 is 0.885 bits per heavy atom. The van der Waals surface area contributed by atoms with Gasteiger partial charge in [0.15, 0.2) is 12.6 Å². The Morgan fingerprint density at radius 3 is 1.36 bits per heavy atom. The lowest BCUT2D eigenvalue weighted by Crippen LogP contribution is -2.65. The molecular weight excluding hydrogens is 991 g/mol. The van der Waals surface area contributed by atoms with Crippen LogP contribution in [0, 0.1) is 0 Å². The third-order valence-electron chi connectivity index (χ3n) is 15.6. The van der Waals surface area contributed by atoms with Crippen LogP contribution in [0.2, 0.25) is 0 Å². The minimum Gasteiger partial charge on any atom is -0.394 e. The molecule has 0 radical (unpaired) electrons. The van der Waals surface area contributed by atoms with Crippen LogP contribution in [0.3, 0.4) is 0 Å². The Bertz CT molecular complexity index is 1490. The first-order chi connectivity index (χ1) is 38.1. The standard InChI is InChI=1S/C64H117NO13/c1-3-5-7-9-11-13-15-17-19-21-23-24-25-26-27-28-30-32-34-36-38-40-42-44-46-48-56(69)65-52(53(68)47-45-43-41-39-37-35-33-31-29-22-20-18-16-14-12-10-8-6-4-2)51-75-63-61(74)59(72)62(55(50-67)77-63)78-64-60(73)58(71)57(70)54(49-66)76-64/h5,7,11,13,17,19,23-24,52-55,57-64,66-68,70-74H,3-4,6,8-10,12,14-16,18,20-22,25-51H2,1-2H3,(H,65,69)/b7-5-,13-11-,19-17-,24-23-. The highest BCUT2D eigenvalue weighted by molar-refractivity contribution is 5.76. The van der Waals surface area contributed by atoms with Gasteiger partial charge >= 0.3 is 0 Å². The lowest BCUT2D eigenvalue weighted by Gasteiger charge is -2.46. The average molecular weight is 1110 g/mol. The number of ether oxygens (including phenoxy) is 4. The molecule has 12 unspecified atom stereocenters. The van der Waals surface area contributed by atoms with Gasteiger partial charge < -0.3 is 65.1 Å². The second kappa shape index (κ2) is 49.5. The van der Waals surface area contributed by atoms with Gasteiger partial charge in [-0.15, -0.1) is 0 Å². The smallest absolute Gasteiger partial charge is 0.220 e. The van der Waals surface area contributed by atoms with Crippen molar-refractivity contribution in [2.24, 2.45) is 0 Å². The molecule has 456 valence electrons. The Balaban J connectivity index is 1.71. The highest BCUT2D eigenvalue weighted by atomic mass is 16.7. The minimum absolute atomic E-state index is 0.208. The highest BCUT2D eigenvalue weighted by Crippen LogP contribution is 2.30. The quantitative estimate of drug-likeness (QED) is 0.0204. The molecule has 2 heterocycles. The Hall–Kier alpha value is -2.05. The van der Waals surface area contributed by atoms with Crippen LogP contribution in [-0.2, 0) is 23.7 Å². The van der Waals surface area contributed by atoms with Gasteiger partial charge in [-0.1, -0.05) is 249 Å². The van der Waals surface area contributed by atoms with E-state index in [1.165, 1.54) is 148 Å². The van der Waals surface area contributed by atoms with E-state index in [-0.39, 0.29) is 12.5 Å². The molecule has 2 saturated heterocycles. The second-order valence-corrected chi connectivity index (χ2v) is 22.5. The predicted molar refractivity (Wildman–Crippen MR) is 314 cm³/mol. The maximum atomic E-state index is 13.3. The first-order valence-electron chi connectivity index (χ1n) is 31.9. The first kappa shape index (κ1) is 72.1. The third kappa shape index (κ3) is 34.4. The maximum absolute atomic E-state index is 13.3. The van der Waals surface area contributed by atoms with E-state index in [1.54, 1.807) is 0 Å². The van der Waals surface area contributed by atoms with Gasteiger partial charge in [-0.25, -0.2) is 0 Å². The molecule has 0 aromatic rings. The molecule has 12 atom stereocenters. The number of aliphatic hydroxyl groups excluding tert-OH is 8. The van der Waals surface area contributed by atoms with Crippen LogP contribution >= 0.6 is 0 Å². The number of rotatable bonds is 51. The van der Waals surface area contributed by atoms with E-state index < -0.39 is 86.8 Å². The van der Waals surface area contributed by atoms with E-state index in [2.05, 4.69) is 67.8 Å². The summed E-state index contributed by atoms with van der Waals surface area (Å²) in [7, 11) is 0. The number of hydrogen-bond donors (Lipinski definition) is 9. The second-order valence-electron chi connectivity index (χ2n) is 22.5. The van der Waals surface area contributed by atoms with E-state index in [9.17, 15) is 45.6 Å². The van der Waals surface area contributed by atoms with Crippen LogP contribution in [0.25, 0.3) is 0 Å². The van der Waals surface area contributed by atoms with E-state index in [1.807, 2.05) is 0 Å². The van der Waals surface area contributed by atoms with Crippen LogP contribution in [0.1, 0.15) is 258 Å². The molecule has 14 heteroatoms. The number of hydrogen-bond acceptors (Lipinski definition) is 13. The third-order valence-corrected chi connectivity index (χ3v) is 15.6. The van der Waals surface area contributed by atoms with Gasteiger partial charge in [0, 0.05) is 6.42 Å². The summed E-state index contributed by atoms with van der Waals surface area (Å²) in [4.78, 5) is 13.3. The van der Waals surface area contributed by atoms with Gasteiger partial charge in [0.2, 0.25) is 5.91 Å². The van der Waals surface area contributed by atoms with Gasteiger partial charge in [0.1, 0.15) is 48.8 Å². The molecule has 0 aromatic heterocycles. The molecule has 2 aliphatic rings. The fourth-order valence-corrected chi connectivity index (χ4v) is 10.5. The summed E-state index contributed by atoms with van der Waals surface area (Å²) in [5.74, 6) is -0.208. The number of carbonyl (C=O) groups is 1. The molecule has 0 spiro atoms. The van der Waals surface area contributed by atoms with Crippen LogP contribution < -0.4 is 5.32 Å². The summed E-state index contributed by atoms with van der Waals surface area (Å²) in [6, 6.07) is -0.831. The molecule has 2 aliphatic heterocycles. The number of nitrogens with one attached hydrogen (secondary N) is 1. The number of aliphatic hydroxyl groups is 8. The molecule has 9 N–H and O–H groups in total. The monoisotopic (exact) mass is 1110 g/mol. The van der Waals surface area contributed by atoms with Crippen LogP contribution in [0.15, 0.2) is 48.6 Å². The maximum Gasteiger partial charge on any atom is 0.220 e. The van der Waals surface area contributed by atoms with E-state index >= 15 is 0 Å². The number of amides is 1. The van der Waals surface area contributed by atoms with E-state index in [0.29, 0.717) is 12.8 Å². The van der Waals surface area contributed by atoms with Gasteiger partial charge in [0.25, 0.3) is 0 Å². The van der Waals surface area contributed by atoms with Crippen molar-refractivity contribution in [1.82, 2.24) is 5.32 Å². The molecule has 2 rings (SSSR count). The van der Waals surface area contributed by atoms with Crippen molar-refractivity contribution in [2.45, 2.75) is 331 Å². The van der Waals surface area contributed by atoms with Gasteiger partial charge in [-0.3, -0.25) is 4.79 Å². The van der Waals surface area contributed by atoms with E-state index in [0.717, 1.165) is 83.5 Å². The highest BCUT2D eigenvalue weighted by Gasteiger charge is 2.51. The van der Waals surface area contributed by atoms with Gasteiger partial charge in [-0.2, -0.15) is 0 Å². The van der Waals surface area contributed by atoms with Crippen LogP contribution in [0.4, 0.5) is 0 Å². The number of unbranched alkanes of at least 4 members (excludes halogenated alkanes) is 30. The molecule has 0 aromatic carbocycles. The molecule has 14 nitrogen and oxygen atoms in total. The molecule has 0 aliphatic carbocycles. The lowest BCUT2D eigenvalue weighted by molar-refractivity contribution is -0.359. The summed E-state index contributed by atoms with van der Waals surface area (Å²) in [6.45, 7) is 2.77. The predicted octanol–water partition coefficient (Wildman–Crippen LogP) is 11.6. The normalized spacial score (nSPS) is 24.8. The molecule has 1 amide bonds. The summed E-state index contributed by atoms with van der Waals surface area (Å²) >= 11 is 0. The van der Waals surface area contributed by atoms with E-state index in [4.69, 9.17) is 18.9 Å². The summed E-state index contributed by atoms with van der Waals surface area (Å²) in [5.41, 5.74) is 0. The van der Waals surface area contributed by atoms with Crippen molar-refractivity contribution >= 4 is 5.91 Å². The largest absolute Gasteiger partial charge is 0.394 e. The zero-order valence-corrected chi connectivity index (χ0v) is 49.2. The Kier molecular flexibility index (Phi) is 45.8. The zero-order valence-electron chi connectivity index (χ0n) is 49.2. The van der Waals surface area contributed by atoms with Gasteiger partial charge in [0.05, 0.1) is 32.0 Å². The van der Waals surface area contributed by atoms with Crippen molar-refractivity contribution in [1.29, 1.82) is 0 Å². The zero-order chi connectivity index (χ0) is 56.7. The first-order valence-corrected chi connectivity index (χ1v) is 31.9. The molecular formula is C64H117NO13. The Labute approximate surface area is 473 Å². The van der Waals surface area contributed by atoms with Crippen LogP contribution in [0.5, 0.6) is 0 Å². The van der Waals surface area contributed by atoms with Crippen molar-refractivity contribution in [3.63, 3.8) is 0 Å². The number of carbonyl (C=O) groups excluding carboxylic acids is 1. The van der Waals surface area contributed by atoms with Crippen LogP contribution in [-0.4, -0.2) is 140 Å². The minimum atomic E-state index is -1.78. The summed E-state index contributed by atoms with van der Waals surface area (Å²) < 4.78 is 22.9. The lowest BCUT2D eigenvalue weighted by atomic mass is 9.97. The molecule has 0 saturated carbocycles. The fraction of sp³-hybridized carbons (Fsp3) is 0.859. The fourth-order valence-electron chi connectivity index (χ4n) is 10.5. The van der Waals surface area contributed by atoms with Crippen molar-refractivity contribution in [2.75, 3.05) is 19.8 Å². The van der Waals surface area contributed by atoms with Crippen molar-refractivity contribution in [3.8, 4) is 0 Å². The van der Waals surface area contributed by atoms with Crippen molar-refractivity contribution in [3.05, 3.63) is 48.6 Å².